The van der Waals surface area contributed by atoms with Gasteiger partial charge in [-0.1, -0.05) is 11.6 Å². The molecule has 2 aliphatic rings. The second kappa shape index (κ2) is 12.5. The minimum atomic E-state index is -4.85. The zero-order chi connectivity index (χ0) is 31.0. The molecule has 0 radical (unpaired) electrons. The van der Waals surface area contributed by atoms with Gasteiger partial charge in [0.1, 0.15) is 11.9 Å². The summed E-state index contributed by atoms with van der Waals surface area (Å²) in [5.41, 5.74) is -1.85. The molecule has 2 aromatic rings. The lowest BCUT2D eigenvalue weighted by Crippen LogP contribution is -2.53. The molecule has 1 aliphatic heterocycles. The molecule has 2 fully saturated rings. The van der Waals surface area contributed by atoms with Crippen molar-refractivity contribution in [3.63, 3.8) is 0 Å². The number of nitrogens with one attached hydrogen (secondary N) is 1. The number of hydrogen-bond acceptors (Lipinski definition) is 5. The average Bonchev–Trinajstić information content (AvgIpc) is 3.26. The highest BCUT2D eigenvalue weighted by atomic mass is 35.5. The predicted molar refractivity (Wildman–Crippen MR) is 150 cm³/mol. The van der Waals surface area contributed by atoms with Crippen LogP contribution in [0.4, 0.5) is 17.6 Å². The number of likely N-dealkylation sites (tertiary alicyclic amines) is 1. The molecule has 0 bridgehead atoms. The van der Waals surface area contributed by atoms with E-state index in [1.165, 1.54) is 24.3 Å². The third-order valence-corrected chi connectivity index (χ3v) is 10.5. The van der Waals surface area contributed by atoms with Crippen molar-refractivity contribution in [3.05, 3.63) is 64.4 Å². The summed E-state index contributed by atoms with van der Waals surface area (Å²) in [6, 6.07) is 6.35. The van der Waals surface area contributed by atoms with Crippen LogP contribution in [-0.4, -0.2) is 73.5 Å². The fraction of sp³-hybridized carbons (Fsp3) is 0.517. The number of benzene rings is 2. The Hall–Kier alpha value is -2.70. The maximum atomic E-state index is 13.9. The first kappa shape index (κ1) is 32.2. The Balaban J connectivity index is 1.53. The molecule has 1 aliphatic carbocycles. The van der Waals surface area contributed by atoms with E-state index in [0.29, 0.717) is 36.1 Å². The first-order valence-corrected chi connectivity index (χ1v) is 15.8. The molecule has 4 rings (SSSR count). The molecule has 0 spiro atoms. The molecule has 1 saturated heterocycles. The molecule has 1 heterocycles. The first-order chi connectivity index (χ1) is 19.6. The van der Waals surface area contributed by atoms with Crippen LogP contribution < -0.4 is 5.32 Å². The number of amides is 2. The number of carbonyl (C=O) groups is 2. The topological polar surface area (TPSA) is 86.8 Å². The summed E-state index contributed by atoms with van der Waals surface area (Å²) in [6.45, 7) is 4.35. The number of alkyl halides is 3. The number of carbonyl (C=O) groups excluding carboxylic acids is 2. The van der Waals surface area contributed by atoms with Crippen molar-refractivity contribution in [1.29, 1.82) is 0 Å². The second-order valence-corrected chi connectivity index (χ2v) is 13.8. The van der Waals surface area contributed by atoms with Crippen LogP contribution in [0.1, 0.15) is 55.5 Å². The maximum Gasteiger partial charge on any atom is 0.416 e. The molecule has 2 aromatic carbocycles. The third-order valence-electron chi connectivity index (χ3n) is 8.34. The van der Waals surface area contributed by atoms with Crippen molar-refractivity contribution in [2.75, 3.05) is 19.3 Å². The number of sulfone groups is 1. The SMILES string of the molecule is CC(C)N(C)C1CCC(N2CCC(NC(=O)c3cc(F)cc(C(F)(F)F)c3)C2=O)[C@H](CS(=O)(=O)c2ccc(Cl)cc2)C1. The monoisotopic (exact) mass is 631 g/mol. The van der Waals surface area contributed by atoms with Crippen molar-refractivity contribution < 1.29 is 35.6 Å². The van der Waals surface area contributed by atoms with Gasteiger partial charge in [0.25, 0.3) is 5.91 Å². The van der Waals surface area contributed by atoms with Gasteiger partial charge in [-0.25, -0.2) is 12.8 Å². The molecule has 0 aromatic heterocycles. The minimum absolute atomic E-state index is 0.107. The van der Waals surface area contributed by atoms with Crippen LogP contribution in [0.5, 0.6) is 0 Å². The molecule has 4 atom stereocenters. The molecule has 42 heavy (non-hydrogen) atoms. The first-order valence-electron chi connectivity index (χ1n) is 13.8. The number of rotatable bonds is 8. The van der Waals surface area contributed by atoms with E-state index in [9.17, 15) is 35.6 Å². The van der Waals surface area contributed by atoms with Gasteiger partial charge in [0.2, 0.25) is 5.91 Å². The van der Waals surface area contributed by atoms with Crippen LogP contribution in [0.3, 0.4) is 0 Å². The minimum Gasteiger partial charge on any atom is -0.340 e. The lowest BCUT2D eigenvalue weighted by atomic mass is 9.81. The quantitative estimate of drug-likeness (QED) is 0.406. The number of halogens is 5. The summed E-state index contributed by atoms with van der Waals surface area (Å²) in [6.07, 6.45) is -2.83. The van der Waals surface area contributed by atoms with Crippen LogP contribution in [0, 0.1) is 11.7 Å². The lowest BCUT2D eigenvalue weighted by Gasteiger charge is -2.44. The van der Waals surface area contributed by atoms with Crippen LogP contribution in [0.15, 0.2) is 47.4 Å². The molecule has 3 unspecified atom stereocenters. The Morgan fingerprint density at radius 3 is 2.40 bits per heavy atom. The molecule has 1 saturated carbocycles. The lowest BCUT2D eigenvalue weighted by molar-refractivity contribution is -0.138. The highest BCUT2D eigenvalue weighted by Crippen LogP contribution is 2.36. The van der Waals surface area contributed by atoms with E-state index in [1.54, 1.807) is 4.90 Å². The van der Waals surface area contributed by atoms with Gasteiger partial charge in [-0.15, -0.1) is 0 Å². The van der Waals surface area contributed by atoms with Crippen molar-refractivity contribution in [2.45, 2.75) is 74.8 Å². The Morgan fingerprint density at radius 1 is 1.12 bits per heavy atom. The average molecular weight is 632 g/mol. The summed E-state index contributed by atoms with van der Waals surface area (Å²) < 4.78 is 80.1. The van der Waals surface area contributed by atoms with Gasteiger partial charge in [-0.3, -0.25) is 9.59 Å². The molecule has 230 valence electrons. The summed E-state index contributed by atoms with van der Waals surface area (Å²) >= 11 is 5.94. The Kier molecular flexibility index (Phi) is 9.59. The zero-order valence-electron chi connectivity index (χ0n) is 23.5. The van der Waals surface area contributed by atoms with Gasteiger partial charge >= 0.3 is 6.18 Å². The fourth-order valence-electron chi connectivity index (χ4n) is 5.92. The van der Waals surface area contributed by atoms with Gasteiger partial charge in [0.15, 0.2) is 9.84 Å². The Bertz CT molecular complexity index is 1420. The van der Waals surface area contributed by atoms with E-state index in [0.717, 1.165) is 6.42 Å². The molecule has 13 heteroatoms. The van der Waals surface area contributed by atoms with Gasteiger partial charge in [-0.2, -0.15) is 13.2 Å². The Morgan fingerprint density at radius 2 is 1.79 bits per heavy atom. The van der Waals surface area contributed by atoms with E-state index in [4.69, 9.17) is 11.6 Å². The van der Waals surface area contributed by atoms with Crippen molar-refractivity contribution in [2.24, 2.45) is 5.92 Å². The van der Waals surface area contributed by atoms with Gasteiger partial charge in [0.05, 0.1) is 16.2 Å². The second-order valence-electron chi connectivity index (χ2n) is 11.4. The fourth-order valence-corrected chi connectivity index (χ4v) is 7.71. The molecule has 2 amide bonds. The van der Waals surface area contributed by atoms with Crippen LogP contribution in [-0.2, 0) is 20.8 Å². The van der Waals surface area contributed by atoms with E-state index in [-0.39, 0.29) is 35.7 Å². The number of hydrogen-bond donors (Lipinski definition) is 1. The molecule has 7 nitrogen and oxygen atoms in total. The smallest absolute Gasteiger partial charge is 0.340 e. The van der Waals surface area contributed by atoms with Crippen LogP contribution >= 0.6 is 11.6 Å². The van der Waals surface area contributed by atoms with Gasteiger partial charge in [0, 0.05) is 35.3 Å². The van der Waals surface area contributed by atoms with Gasteiger partial charge < -0.3 is 15.1 Å². The van der Waals surface area contributed by atoms with E-state index in [1.807, 2.05) is 7.05 Å². The molecular weight excluding hydrogens is 598 g/mol. The van der Waals surface area contributed by atoms with Crippen LogP contribution in [0.2, 0.25) is 5.02 Å². The Labute approximate surface area is 248 Å². The zero-order valence-corrected chi connectivity index (χ0v) is 25.1. The summed E-state index contributed by atoms with van der Waals surface area (Å²) in [5, 5.41) is 2.86. The maximum absolute atomic E-state index is 13.9. The predicted octanol–water partition coefficient (Wildman–Crippen LogP) is 5.18. The van der Waals surface area contributed by atoms with Gasteiger partial charge in [-0.05, 0) is 95.0 Å². The van der Waals surface area contributed by atoms with Crippen molar-refractivity contribution in [3.8, 4) is 0 Å². The van der Waals surface area contributed by atoms with E-state index >= 15 is 0 Å². The normalized spacial score (nSPS) is 23.6. The van der Waals surface area contributed by atoms with Crippen molar-refractivity contribution >= 4 is 33.3 Å². The van der Waals surface area contributed by atoms with Crippen LogP contribution in [0.25, 0.3) is 0 Å². The molecular formula is C29H34ClF4N3O4S. The summed E-state index contributed by atoms with van der Waals surface area (Å²) in [4.78, 5) is 30.2. The van der Waals surface area contributed by atoms with E-state index < -0.39 is 62.8 Å². The highest BCUT2D eigenvalue weighted by molar-refractivity contribution is 7.91. The number of nitrogens with zero attached hydrogens (tertiary/aromatic N) is 2. The molecule has 1 N–H and O–H groups in total. The highest BCUT2D eigenvalue weighted by Gasteiger charge is 2.44. The standard InChI is InChI=1S/C29H34ClF4N3O4S/c1-17(2)36(3)23-6-9-26(19(14-23)16-42(40,41)24-7-4-21(30)5-8-24)37-11-10-25(28(37)39)35-27(38)18-12-20(29(32,33)34)15-22(31)13-18/h4-5,7-8,12-13,15,17,19,23,25-26H,6,9-11,14,16H2,1-3H3,(H,35,38)/t19-,23?,25?,26?/m0/s1. The summed E-state index contributed by atoms with van der Waals surface area (Å²) in [5.74, 6) is -3.25. The van der Waals surface area contributed by atoms with Crippen molar-refractivity contribution in [1.82, 2.24) is 15.1 Å². The summed E-state index contributed by atoms with van der Waals surface area (Å²) in [7, 11) is -1.74. The van der Waals surface area contributed by atoms with E-state index in [2.05, 4.69) is 24.1 Å². The largest absolute Gasteiger partial charge is 0.416 e. The third kappa shape index (κ3) is 7.26.